The van der Waals surface area contributed by atoms with Gasteiger partial charge in [-0.15, -0.1) is 0 Å². The first-order valence-corrected chi connectivity index (χ1v) is 5.98. The molecule has 0 saturated heterocycles. The van der Waals surface area contributed by atoms with Crippen molar-refractivity contribution in [1.82, 2.24) is 5.43 Å². The molecule has 0 radical (unpaired) electrons. The summed E-state index contributed by atoms with van der Waals surface area (Å²) in [6.45, 7) is 1.79. The first-order chi connectivity index (χ1) is 8.24. The van der Waals surface area contributed by atoms with Crippen LogP contribution in [0.5, 0.6) is 0 Å². The van der Waals surface area contributed by atoms with Crippen LogP contribution in [0.15, 0.2) is 22.5 Å². The fourth-order valence-electron chi connectivity index (χ4n) is 1.84. The molecule has 0 spiro atoms. The average Bonchev–Trinajstić information content (AvgIpc) is 2.37. The number of hydrazone groups is 1. The second-order valence-electron chi connectivity index (χ2n) is 4.18. The summed E-state index contributed by atoms with van der Waals surface area (Å²) in [7, 11) is 0. The molecule has 0 aromatic carbocycles. The van der Waals surface area contributed by atoms with Gasteiger partial charge in [0.2, 0.25) is 5.91 Å². The van der Waals surface area contributed by atoms with Gasteiger partial charge in [-0.2, -0.15) is 5.10 Å². The summed E-state index contributed by atoms with van der Waals surface area (Å²) in [6.07, 6.45) is 9.81. The minimum atomic E-state index is 0.0168. The van der Waals surface area contributed by atoms with E-state index in [1.165, 1.54) is 25.0 Å². The fraction of sp³-hybridized carbons (Fsp3) is 0.583. The third-order valence-corrected chi connectivity index (χ3v) is 2.77. The average molecular weight is 236 g/mol. The topological polar surface area (TPSA) is 79.8 Å². The van der Waals surface area contributed by atoms with Crippen LogP contribution >= 0.6 is 0 Å². The predicted octanol–water partition coefficient (Wildman–Crippen LogP) is 1.56. The molecule has 1 aliphatic rings. The number of amides is 1. The highest BCUT2D eigenvalue weighted by Gasteiger charge is 2.20. The van der Waals surface area contributed by atoms with Gasteiger partial charge in [-0.3, -0.25) is 9.79 Å². The van der Waals surface area contributed by atoms with Crippen molar-refractivity contribution in [2.75, 3.05) is 0 Å². The van der Waals surface area contributed by atoms with E-state index < -0.39 is 0 Å². The van der Waals surface area contributed by atoms with E-state index in [4.69, 9.17) is 5.73 Å². The number of nitrogens with two attached hydrogens (primary N) is 1. The molecule has 17 heavy (non-hydrogen) atoms. The van der Waals surface area contributed by atoms with Gasteiger partial charge in [0.1, 0.15) is 0 Å². The summed E-state index contributed by atoms with van der Waals surface area (Å²) < 4.78 is 0. The molecule has 5 heteroatoms. The summed E-state index contributed by atoms with van der Waals surface area (Å²) in [5.74, 6) is 0.144. The smallest absolute Gasteiger partial charge is 0.243 e. The fourth-order valence-corrected chi connectivity index (χ4v) is 1.84. The van der Waals surface area contributed by atoms with Gasteiger partial charge in [0.05, 0.1) is 11.9 Å². The number of nitrogens with zero attached hydrogens (tertiary/aromatic N) is 2. The van der Waals surface area contributed by atoms with Crippen LogP contribution in [0, 0.1) is 5.92 Å². The van der Waals surface area contributed by atoms with E-state index in [-0.39, 0.29) is 11.8 Å². The van der Waals surface area contributed by atoms with Crippen LogP contribution in [0.3, 0.4) is 0 Å². The summed E-state index contributed by atoms with van der Waals surface area (Å²) >= 11 is 0. The Morgan fingerprint density at radius 1 is 1.35 bits per heavy atom. The van der Waals surface area contributed by atoms with E-state index in [0.29, 0.717) is 5.71 Å². The Kier molecular flexibility index (Phi) is 5.99. The second-order valence-corrected chi connectivity index (χ2v) is 4.18. The maximum absolute atomic E-state index is 11.7. The van der Waals surface area contributed by atoms with E-state index >= 15 is 0 Å². The number of nitrogens with one attached hydrogen (secondary N) is 1. The Hall–Kier alpha value is -1.65. The van der Waals surface area contributed by atoms with Crippen molar-refractivity contribution in [2.45, 2.75) is 39.0 Å². The molecule has 3 N–H and O–H groups in total. The lowest BCUT2D eigenvalue weighted by Gasteiger charge is -2.19. The first-order valence-electron chi connectivity index (χ1n) is 5.98. The van der Waals surface area contributed by atoms with Crippen LogP contribution in [-0.2, 0) is 4.79 Å². The highest BCUT2D eigenvalue weighted by Crippen LogP contribution is 2.23. The molecule has 0 atom stereocenters. The molecule has 94 valence electrons. The number of hydrogen-bond donors (Lipinski definition) is 2. The Balaban J connectivity index is 2.34. The Bertz CT molecular complexity index is 327. The zero-order chi connectivity index (χ0) is 12.5. The molecule has 0 heterocycles. The van der Waals surface area contributed by atoms with Gasteiger partial charge in [0, 0.05) is 18.3 Å². The SMILES string of the molecule is CC(C=NNC(=O)C1CCCCC1)=NC=CN. The summed E-state index contributed by atoms with van der Waals surface area (Å²) in [5, 5.41) is 3.87. The quantitative estimate of drug-likeness (QED) is 0.574. The molecule has 1 aliphatic carbocycles. The third-order valence-electron chi connectivity index (χ3n) is 2.77. The van der Waals surface area contributed by atoms with Crippen molar-refractivity contribution >= 4 is 17.8 Å². The van der Waals surface area contributed by atoms with Crippen molar-refractivity contribution in [3.8, 4) is 0 Å². The molecule has 0 unspecified atom stereocenters. The zero-order valence-corrected chi connectivity index (χ0v) is 10.2. The van der Waals surface area contributed by atoms with Crippen molar-refractivity contribution < 1.29 is 4.79 Å². The number of carbonyl (C=O) groups excluding carboxylic acids is 1. The van der Waals surface area contributed by atoms with E-state index in [0.717, 1.165) is 25.7 Å². The van der Waals surface area contributed by atoms with Gasteiger partial charge in [0.15, 0.2) is 0 Å². The maximum Gasteiger partial charge on any atom is 0.243 e. The van der Waals surface area contributed by atoms with Crippen LogP contribution < -0.4 is 11.2 Å². The highest BCUT2D eigenvalue weighted by atomic mass is 16.2. The second kappa shape index (κ2) is 7.60. The molecule has 1 fully saturated rings. The third kappa shape index (κ3) is 5.29. The largest absolute Gasteiger partial charge is 0.403 e. The van der Waals surface area contributed by atoms with Crippen molar-refractivity contribution in [3.63, 3.8) is 0 Å². The molecule has 0 aromatic rings. The van der Waals surface area contributed by atoms with Crippen LogP contribution in [0.2, 0.25) is 0 Å². The lowest BCUT2D eigenvalue weighted by Crippen LogP contribution is -2.28. The molecule has 1 rings (SSSR count). The molecule has 1 saturated carbocycles. The monoisotopic (exact) mass is 236 g/mol. The standard InChI is InChI=1S/C12H20N4O/c1-10(14-8-7-13)9-15-16-12(17)11-5-3-2-4-6-11/h7-9,11H,2-6,13H2,1H3,(H,16,17). The Labute approximate surface area is 102 Å². The summed E-state index contributed by atoms with van der Waals surface area (Å²) in [6, 6.07) is 0. The minimum Gasteiger partial charge on any atom is -0.403 e. The first kappa shape index (κ1) is 13.4. The van der Waals surface area contributed by atoms with Gasteiger partial charge in [-0.25, -0.2) is 5.43 Å². The number of rotatable bonds is 4. The lowest BCUT2D eigenvalue weighted by atomic mass is 9.89. The molecule has 0 bridgehead atoms. The zero-order valence-electron chi connectivity index (χ0n) is 10.2. The van der Waals surface area contributed by atoms with Crippen molar-refractivity contribution in [3.05, 3.63) is 12.4 Å². The van der Waals surface area contributed by atoms with Crippen LogP contribution in [0.1, 0.15) is 39.0 Å². The van der Waals surface area contributed by atoms with Gasteiger partial charge in [-0.1, -0.05) is 19.3 Å². The van der Waals surface area contributed by atoms with Crippen LogP contribution in [0.25, 0.3) is 0 Å². The van der Waals surface area contributed by atoms with Gasteiger partial charge in [0.25, 0.3) is 0 Å². The molecule has 0 aliphatic heterocycles. The highest BCUT2D eigenvalue weighted by molar-refractivity contribution is 6.29. The Morgan fingerprint density at radius 3 is 2.71 bits per heavy atom. The lowest BCUT2D eigenvalue weighted by molar-refractivity contribution is -0.125. The number of carbonyl (C=O) groups is 1. The number of hydrogen-bond acceptors (Lipinski definition) is 4. The maximum atomic E-state index is 11.7. The molecule has 0 aromatic heterocycles. The van der Waals surface area contributed by atoms with Gasteiger partial charge < -0.3 is 5.73 Å². The van der Waals surface area contributed by atoms with E-state index in [1.807, 2.05) is 0 Å². The van der Waals surface area contributed by atoms with Gasteiger partial charge >= 0.3 is 0 Å². The van der Waals surface area contributed by atoms with Crippen LogP contribution in [0.4, 0.5) is 0 Å². The summed E-state index contributed by atoms with van der Waals surface area (Å²) in [4.78, 5) is 15.7. The normalized spacial score (nSPS) is 19.0. The summed E-state index contributed by atoms with van der Waals surface area (Å²) in [5.41, 5.74) is 8.39. The predicted molar refractivity (Wildman–Crippen MR) is 69.6 cm³/mol. The van der Waals surface area contributed by atoms with E-state index in [1.54, 1.807) is 6.92 Å². The number of aliphatic imine (C=N–C) groups is 1. The molecular formula is C12H20N4O. The molecule has 1 amide bonds. The minimum absolute atomic E-state index is 0.0168. The van der Waals surface area contributed by atoms with E-state index in [2.05, 4.69) is 15.5 Å². The molecular weight excluding hydrogens is 216 g/mol. The van der Waals surface area contributed by atoms with Crippen molar-refractivity contribution in [2.24, 2.45) is 21.7 Å². The van der Waals surface area contributed by atoms with E-state index in [9.17, 15) is 4.79 Å². The Morgan fingerprint density at radius 2 is 2.06 bits per heavy atom. The van der Waals surface area contributed by atoms with Gasteiger partial charge in [-0.05, 0) is 19.8 Å². The molecule has 5 nitrogen and oxygen atoms in total. The van der Waals surface area contributed by atoms with Crippen LogP contribution in [-0.4, -0.2) is 17.8 Å². The van der Waals surface area contributed by atoms with Crippen molar-refractivity contribution in [1.29, 1.82) is 0 Å².